The van der Waals surface area contributed by atoms with Crippen LogP contribution < -0.4 is 5.32 Å². The van der Waals surface area contributed by atoms with Gasteiger partial charge in [0.1, 0.15) is 0 Å². The third kappa shape index (κ3) is 4.46. The molecule has 0 bridgehead atoms. The monoisotopic (exact) mass is 343 g/mol. The molecule has 0 radical (unpaired) electrons. The lowest BCUT2D eigenvalue weighted by atomic mass is 9.93. The van der Waals surface area contributed by atoms with Gasteiger partial charge in [0, 0.05) is 39.3 Å². The second kappa shape index (κ2) is 8.27. The van der Waals surface area contributed by atoms with Gasteiger partial charge in [-0.1, -0.05) is 24.3 Å². The van der Waals surface area contributed by atoms with Gasteiger partial charge in [0.05, 0.1) is 25.7 Å². The molecule has 25 heavy (non-hydrogen) atoms. The number of rotatable bonds is 5. The first-order chi connectivity index (χ1) is 12.1. The number of nitrogens with zero attached hydrogens (tertiary/aromatic N) is 2. The van der Waals surface area contributed by atoms with E-state index in [1.165, 1.54) is 6.92 Å². The predicted octanol–water partition coefficient (Wildman–Crippen LogP) is 1.40. The minimum absolute atomic E-state index is 0.0328. The van der Waals surface area contributed by atoms with Gasteiger partial charge in [0.15, 0.2) is 0 Å². The summed E-state index contributed by atoms with van der Waals surface area (Å²) < 4.78 is 5.32. The second-order valence-electron chi connectivity index (χ2n) is 6.39. The molecule has 6 nitrogen and oxygen atoms in total. The Morgan fingerprint density at radius 2 is 2.00 bits per heavy atom. The first-order valence-corrected chi connectivity index (χ1v) is 8.78. The summed E-state index contributed by atoms with van der Waals surface area (Å²) in [6, 6.07) is 7.65. The van der Waals surface area contributed by atoms with Crippen molar-refractivity contribution in [3.63, 3.8) is 0 Å². The quantitative estimate of drug-likeness (QED) is 0.878. The SMILES string of the molecule is CC(=O)N1C=Cc2ccccc2C1CC(=O)NCCN1CCOCC1. The van der Waals surface area contributed by atoms with Gasteiger partial charge in [0.25, 0.3) is 0 Å². The van der Waals surface area contributed by atoms with E-state index in [0.29, 0.717) is 6.54 Å². The van der Waals surface area contributed by atoms with Crippen molar-refractivity contribution in [2.24, 2.45) is 0 Å². The molecular formula is C19H25N3O3. The molecule has 6 heteroatoms. The highest BCUT2D eigenvalue weighted by atomic mass is 16.5. The van der Waals surface area contributed by atoms with Gasteiger partial charge in [0.2, 0.25) is 11.8 Å². The smallest absolute Gasteiger partial charge is 0.223 e. The van der Waals surface area contributed by atoms with Gasteiger partial charge < -0.3 is 15.0 Å². The maximum absolute atomic E-state index is 12.4. The minimum Gasteiger partial charge on any atom is -0.379 e. The van der Waals surface area contributed by atoms with E-state index < -0.39 is 0 Å². The fraction of sp³-hybridized carbons (Fsp3) is 0.474. The Hall–Kier alpha value is -2.18. The molecule has 2 amide bonds. The van der Waals surface area contributed by atoms with E-state index in [1.807, 2.05) is 30.3 Å². The fourth-order valence-electron chi connectivity index (χ4n) is 3.34. The Kier molecular flexibility index (Phi) is 5.83. The molecule has 1 unspecified atom stereocenters. The molecule has 1 atom stereocenters. The Bertz CT molecular complexity index is 653. The summed E-state index contributed by atoms with van der Waals surface area (Å²) in [4.78, 5) is 28.3. The normalized spacial score (nSPS) is 20.2. The molecule has 0 saturated carbocycles. The standard InChI is InChI=1S/C19H25N3O3/c1-15(23)22-8-6-16-4-2-3-5-17(16)18(22)14-19(24)20-7-9-21-10-12-25-13-11-21/h2-6,8,18H,7,9-14H2,1H3,(H,20,24). The number of ether oxygens (including phenoxy) is 1. The predicted molar refractivity (Wildman–Crippen MR) is 95.6 cm³/mol. The Balaban J connectivity index is 1.58. The lowest BCUT2D eigenvalue weighted by Gasteiger charge is -2.32. The zero-order chi connectivity index (χ0) is 17.6. The molecule has 0 aromatic heterocycles. The van der Waals surface area contributed by atoms with Crippen LogP contribution >= 0.6 is 0 Å². The van der Waals surface area contributed by atoms with Crippen molar-refractivity contribution in [1.29, 1.82) is 0 Å². The Morgan fingerprint density at radius 3 is 2.76 bits per heavy atom. The number of amides is 2. The zero-order valence-corrected chi connectivity index (χ0v) is 14.6. The van der Waals surface area contributed by atoms with Crippen LogP contribution in [-0.4, -0.2) is 61.0 Å². The summed E-state index contributed by atoms with van der Waals surface area (Å²) >= 11 is 0. The molecule has 0 aliphatic carbocycles. The third-order valence-corrected chi connectivity index (χ3v) is 4.70. The average molecular weight is 343 g/mol. The van der Waals surface area contributed by atoms with Gasteiger partial charge in [-0.15, -0.1) is 0 Å². The first-order valence-electron chi connectivity index (χ1n) is 8.78. The molecule has 1 saturated heterocycles. The van der Waals surface area contributed by atoms with Gasteiger partial charge in [-0.25, -0.2) is 0 Å². The van der Waals surface area contributed by atoms with E-state index in [9.17, 15) is 9.59 Å². The summed E-state index contributed by atoms with van der Waals surface area (Å²) in [6.07, 6.45) is 3.96. The van der Waals surface area contributed by atoms with E-state index in [1.54, 1.807) is 11.1 Å². The number of carbonyl (C=O) groups is 2. The lowest BCUT2D eigenvalue weighted by molar-refractivity contribution is -0.129. The van der Waals surface area contributed by atoms with Crippen molar-refractivity contribution in [3.8, 4) is 0 Å². The number of benzene rings is 1. The van der Waals surface area contributed by atoms with Crippen molar-refractivity contribution in [1.82, 2.24) is 15.1 Å². The third-order valence-electron chi connectivity index (χ3n) is 4.70. The average Bonchev–Trinajstić information content (AvgIpc) is 2.62. The number of hydrogen-bond acceptors (Lipinski definition) is 4. The van der Waals surface area contributed by atoms with Crippen molar-refractivity contribution < 1.29 is 14.3 Å². The molecule has 0 spiro atoms. The van der Waals surface area contributed by atoms with Crippen LogP contribution in [0.2, 0.25) is 0 Å². The van der Waals surface area contributed by atoms with Crippen LogP contribution in [0, 0.1) is 0 Å². The topological polar surface area (TPSA) is 61.9 Å². The molecule has 2 aliphatic heterocycles. The maximum Gasteiger partial charge on any atom is 0.223 e. The van der Waals surface area contributed by atoms with Crippen LogP contribution in [0.3, 0.4) is 0 Å². The zero-order valence-electron chi connectivity index (χ0n) is 14.6. The largest absolute Gasteiger partial charge is 0.379 e. The second-order valence-corrected chi connectivity index (χ2v) is 6.39. The molecule has 1 fully saturated rings. The molecule has 1 aromatic carbocycles. The molecular weight excluding hydrogens is 318 g/mol. The summed E-state index contributed by atoms with van der Waals surface area (Å²) in [5.41, 5.74) is 2.08. The summed E-state index contributed by atoms with van der Waals surface area (Å²) in [5.74, 6) is -0.0912. The number of fused-ring (bicyclic) bond motifs is 1. The summed E-state index contributed by atoms with van der Waals surface area (Å²) in [7, 11) is 0. The summed E-state index contributed by atoms with van der Waals surface area (Å²) in [5, 5.41) is 2.98. The highest BCUT2D eigenvalue weighted by Crippen LogP contribution is 2.32. The molecule has 3 rings (SSSR count). The minimum atomic E-state index is -0.248. The van der Waals surface area contributed by atoms with E-state index in [-0.39, 0.29) is 24.3 Å². The van der Waals surface area contributed by atoms with Gasteiger partial charge in [-0.05, 0) is 17.2 Å². The van der Waals surface area contributed by atoms with Crippen LogP contribution in [0.4, 0.5) is 0 Å². The molecule has 1 aromatic rings. The van der Waals surface area contributed by atoms with Crippen LogP contribution in [0.5, 0.6) is 0 Å². The number of morpholine rings is 1. The van der Waals surface area contributed by atoms with Crippen LogP contribution in [-0.2, 0) is 14.3 Å². The highest BCUT2D eigenvalue weighted by molar-refractivity contribution is 5.81. The fourth-order valence-corrected chi connectivity index (χ4v) is 3.34. The van der Waals surface area contributed by atoms with E-state index in [4.69, 9.17) is 4.74 Å². The Morgan fingerprint density at radius 1 is 1.24 bits per heavy atom. The number of hydrogen-bond donors (Lipinski definition) is 1. The van der Waals surface area contributed by atoms with Gasteiger partial charge in [-0.3, -0.25) is 14.5 Å². The number of nitrogens with one attached hydrogen (secondary N) is 1. The van der Waals surface area contributed by atoms with E-state index in [2.05, 4.69) is 10.2 Å². The van der Waals surface area contributed by atoms with Crippen LogP contribution in [0.25, 0.3) is 6.08 Å². The Labute approximate surface area is 148 Å². The molecule has 2 aliphatic rings. The van der Waals surface area contributed by atoms with Crippen LogP contribution in [0.1, 0.15) is 30.5 Å². The molecule has 134 valence electrons. The van der Waals surface area contributed by atoms with E-state index >= 15 is 0 Å². The van der Waals surface area contributed by atoms with Gasteiger partial charge in [-0.2, -0.15) is 0 Å². The number of carbonyl (C=O) groups excluding carboxylic acids is 2. The highest BCUT2D eigenvalue weighted by Gasteiger charge is 2.28. The molecule has 1 N–H and O–H groups in total. The van der Waals surface area contributed by atoms with Crippen molar-refractivity contribution in [2.75, 3.05) is 39.4 Å². The van der Waals surface area contributed by atoms with E-state index in [0.717, 1.165) is 44.0 Å². The molecule has 2 heterocycles. The summed E-state index contributed by atoms with van der Waals surface area (Å²) in [6.45, 7) is 6.31. The first kappa shape index (κ1) is 17.6. The maximum atomic E-state index is 12.4. The van der Waals surface area contributed by atoms with Crippen molar-refractivity contribution in [2.45, 2.75) is 19.4 Å². The van der Waals surface area contributed by atoms with Crippen molar-refractivity contribution >= 4 is 17.9 Å². The van der Waals surface area contributed by atoms with Crippen molar-refractivity contribution in [3.05, 3.63) is 41.6 Å². The van der Waals surface area contributed by atoms with Crippen LogP contribution in [0.15, 0.2) is 30.5 Å². The lowest BCUT2D eigenvalue weighted by Crippen LogP contribution is -2.42. The van der Waals surface area contributed by atoms with Gasteiger partial charge >= 0.3 is 0 Å².